The fourth-order valence-electron chi connectivity index (χ4n) is 4.05. The minimum absolute atomic E-state index is 0.0178. The lowest BCUT2D eigenvalue weighted by molar-refractivity contribution is 0.447. The topological polar surface area (TPSA) is 57.6 Å². The highest BCUT2D eigenvalue weighted by atomic mass is 19.1. The van der Waals surface area contributed by atoms with Crippen LogP contribution in [-0.4, -0.2) is 30.3 Å². The summed E-state index contributed by atoms with van der Waals surface area (Å²) in [4.78, 5) is 21.6. The standard InChI is InChI=1S/C21H22FN5O/c22-7-1-2-10-25-17(11-15-12-23-8-5-18(15)25)14-26-20-13-24-9-6-19(20)27(21(26)28)16-3-4-16/h5-6,8-9,11-13,16H,1-4,7,10,14H2. The fourth-order valence-corrected chi connectivity index (χ4v) is 4.05. The van der Waals surface area contributed by atoms with Crippen LogP contribution in [0.5, 0.6) is 0 Å². The van der Waals surface area contributed by atoms with E-state index in [9.17, 15) is 9.18 Å². The van der Waals surface area contributed by atoms with Gasteiger partial charge in [0, 0.05) is 42.3 Å². The molecule has 6 nitrogen and oxygen atoms in total. The summed E-state index contributed by atoms with van der Waals surface area (Å²) >= 11 is 0. The molecule has 0 amide bonds. The molecule has 0 atom stereocenters. The predicted octanol–water partition coefficient (Wildman–Crippen LogP) is 3.68. The summed E-state index contributed by atoms with van der Waals surface area (Å²) in [5.41, 5.74) is 3.93. The Balaban J connectivity index is 1.62. The van der Waals surface area contributed by atoms with Gasteiger partial charge in [-0.3, -0.25) is 23.5 Å². The van der Waals surface area contributed by atoms with Crippen LogP contribution in [-0.2, 0) is 13.1 Å². The van der Waals surface area contributed by atoms with Gasteiger partial charge in [-0.05, 0) is 43.9 Å². The van der Waals surface area contributed by atoms with E-state index in [1.54, 1.807) is 18.6 Å². The highest BCUT2D eigenvalue weighted by Gasteiger charge is 2.29. The second-order valence-electron chi connectivity index (χ2n) is 7.45. The molecule has 0 aromatic carbocycles. The highest BCUT2D eigenvalue weighted by Crippen LogP contribution is 2.36. The van der Waals surface area contributed by atoms with Crippen molar-refractivity contribution in [2.45, 2.75) is 44.8 Å². The molecule has 4 heterocycles. The lowest BCUT2D eigenvalue weighted by atomic mass is 10.3. The molecule has 28 heavy (non-hydrogen) atoms. The van der Waals surface area contributed by atoms with Gasteiger partial charge in [0.15, 0.2) is 0 Å². The van der Waals surface area contributed by atoms with Crippen LogP contribution in [0.25, 0.3) is 21.9 Å². The van der Waals surface area contributed by atoms with Crippen LogP contribution in [0.1, 0.15) is 37.4 Å². The molecule has 0 radical (unpaired) electrons. The van der Waals surface area contributed by atoms with Gasteiger partial charge in [0.2, 0.25) is 0 Å². The van der Waals surface area contributed by atoms with Crippen molar-refractivity contribution in [3.8, 4) is 0 Å². The number of aryl methyl sites for hydroxylation is 1. The summed E-state index contributed by atoms with van der Waals surface area (Å²) in [5, 5.41) is 1.04. The van der Waals surface area contributed by atoms with E-state index in [1.807, 2.05) is 27.5 Å². The first kappa shape index (κ1) is 17.2. The van der Waals surface area contributed by atoms with Crippen molar-refractivity contribution in [2.24, 2.45) is 0 Å². The number of imidazole rings is 1. The van der Waals surface area contributed by atoms with Crippen LogP contribution in [0.4, 0.5) is 4.39 Å². The molecule has 0 bridgehead atoms. The van der Waals surface area contributed by atoms with Gasteiger partial charge in [0.05, 0.1) is 36.0 Å². The van der Waals surface area contributed by atoms with Gasteiger partial charge in [-0.15, -0.1) is 0 Å². The Bertz CT molecular complexity index is 1200. The van der Waals surface area contributed by atoms with Crippen molar-refractivity contribution < 1.29 is 4.39 Å². The summed E-state index contributed by atoms with van der Waals surface area (Å²) in [6.45, 7) is 0.877. The lowest BCUT2D eigenvalue weighted by Gasteiger charge is -2.11. The smallest absolute Gasteiger partial charge is 0.329 e. The first-order chi connectivity index (χ1) is 13.8. The number of hydrogen-bond acceptors (Lipinski definition) is 3. The SMILES string of the molecule is O=c1n(Cc2cc3cnccc3n2CCCCF)c2cnccc2n1C1CC1. The maximum absolute atomic E-state index is 13.2. The molecule has 0 aliphatic heterocycles. The first-order valence-electron chi connectivity index (χ1n) is 9.81. The zero-order valence-electron chi connectivity index (χ0n) is 15.6. The maximum atomic E-state index is 13.2. The largest absolute Gasteiger partial charge is 0.343 e. The minimum atomic E-state index is -0.309. The molecule has 4 aromatic heterocycles. The van der Waals surface area contributed by atoms with Gasteiger partial charge >= 0.3 is 5.69 Å². The Hall–Kier alpha value is -2.96. The molecule has 1 fully saturated rings. The fraction of sp³-hybridized carbons (Fsp3) is 0.381. The van der Waals surface area contributed by atoms with Crippen molar-refractivity contribution in [3.63, 3.8) is 0 Å². The van der Waals surface area contributed by atoms with Crippen molar-refractivity contribution >= 4 is 21.9 Å². The molecule has 1 aliphatic carbocycles. The van der Waals surface area contributed by atoms with Crippen LogP contribution in [0.15, 0.2) is 47.8 Å². The Morgan fingerprint density at radius 2 is 1.79 bits per heavy atom. The van der Waals surface area contributed by atoms with Crippen LogP contribution >= 0.6 is 0 Å². The number of hydrogen-bond donors (Lipinski definition) is 0. The minimum Gasteiger partial charge on any atom is -0.343 e. The summed E-state index contributed by atoms with van der Waals surface area (Å²) in [6, 6.07) is 6.29. The van der Waals surface area contributed by atoms with E-state index < -0.39 is 0 Å². The Labute approximate surface area is 161 Å². The van der Waals surface area contributed by atoms with Crippen molar-refractivity contribution in [1.82, 2.24) is 23.7 Å². The van der Waals surface area contributed by atoms with Gasteiger partial charge in [0.25, 0.3) is 0 Å². The van der Waals surface area contributed by atoms with Crippen LogP contribution in [0, 0.1) is 0 Å². The van der Waals surface area contributed by atoms with E-state index in [4.69, 9.17) is 0 Å². The van der Waals surface area contributed by atoms with Crippen LogP contribution < -0.4 is 5.69 Å². The van der Waals surface area contributed by atoms with E-state index in [0.29, 0.717) is 19.0 Å². The number of rotatable bonds is 7. The molecule has 1 saturated carbocycles. The third-order valence-electron chi connectivity index (χ3n) is 5.55. The van der Waals surface area contributed by atoms with Gasteiger partial charge in [-0.2, -0.15) is 0 Å². The lowest BCUT2D eigenvalue weighted by Crippen LogP contribution is -2.25. The van der Waals surface area contributed by atoms with E-state index in [0.717, 1.165) is 53.4 Å². The number of nitrogens with zero attached hydrogens (tertiary/aromatic N) is 5. The zero-order valence-corrected chi connectivity index (χ0v) is 15.6. The molecule has 144 valence electrons. The van der Waals surface area contributed by atoms with Gasteiger partial charge in [-0.1, -0.05) is 0 Å². The van der Waals surface area contributed by atoms with E-state index in [2.05, 4.69) is 20.6 Å². The molecule has 0 spiro atoms. The van der Waals surface area contributed by atoms with Crippen molar-refractivity contribution in [1.29, 1.82) is 0 Å². The molecule has 1 aliphatic rings. The Kier molecular flexibility index (Phi) is 4.22. The van der Waals surface area contributed by atoms with E-state index in [-0.39, 0.29) is 12.4 Å². The quantitative estimate of drug-likeness (QED) is 0.460. The average molecular weight is 379 g/mol. The number of halogens is 1. The van der Waals surface area contributed by atoms with E-state index >= 15 is 0 Å². The van der Waals surface area contributed by atoms with Gasteiger partial charge in [-0.25, -0.2) is 4.79 Å². The predicted molar refractivity (Wildman–Crippen MR) is 106 cm³/mol. The number of unbranched alkanes of at least 4 members (excludes halogenated alkanes) is 1. The average Bonchev–Trinajstić information content (AvgIpc) is 3.43. The third-order valence-corrected chi connectivity index (χ3v) is 5.55. The third kappa shape index (κ3) is 2.82. The zero-order chi connectivity index (χ0) is 19.1. The maximum Gasteiger partial charge on any atom is 0.329 e. The molecule has 5 rings (SSSR count). The van der Waals surface area contributed by atoms with Crippen molar-refractivity contribution in [3.05, 3.63) is 59.2 Å². The highest BCUT2D eigenvalue weighted by molar-refractivity contribution is 5.80. The molecule has 7 heteroatoms. The molecule has 0 unspecified atom stereocenters. The van der Waals surface area contributed by atoms with Gasteiger partial charge < -0.3 is 4.57 Å². The van der Waals surface area contributed by atoms with Gasteiger partial charge in [0.1, 0.15) is 0 Å². The number of pyridine rings is 2. The second-order valence-corrected chi connectivity index (χ2v) is 7.45. The summed E-state index contributed by atoms with van der Waals surface area (Å²) in [7, 11) is 0. The normalized spacial score (nSPS) is 14.3. The number of alkyl halides is 1. The molecule has 4 aromatic rings. The van der Waals surface area contributed by atoms with Crippen LogP contribution in [0.3, 0.4) is 0 Å². The molecule has 0 N–H and O–H groups in total. The number of aromatic nitrogens is 5. The monoisotopic (exact) mass is 379 g/mol. The molecule has 0 saturated heterocycles. The molecular formula is C21H22FN5O. The summed E-state index contributed by atoms with van der Waals surface area (Å²) in [6.07, 6.45) is 10.5. The van der Waals surface area contributed by atoms with E-state index in [1.165, 1.54) is 0 Å². The van der Waals surface area contributed by atoms with Crippen LogP contribution in [0.2, 0.25) is 0 Å². The van der Waals surface area contributed by atoms with Crippen molar-refractivity contribution in [2.75, 3.05) is 6.67 Å². The second kappa shape index (κ2) is 6.89. The number of fused-ring (bicyclic) bond motifs is 2. The Morgan fingerprint density at radius 3 is 2.57 bits per heavy atom. The Morgan fingerprint density at radius 1 is 1.00 bits per heavy atom. The summed E-state index contributed by atoms with van der Waals surface area (Å²) < 4.78 is 18.5. The molecular weight excluding hydrogens is 357 g/mol. The summed E-state index contributed by atoms with van der Waals surface area (Å²) in [5.74, 6) is 0. The first-order valence-corrected chi connectivity index (χ1v) is 9.81.